The summed E-state index contributed by atoms with van der Waals surface area (Å²) in [4.78, 5) is 15.6. The van der Waals surface area contributed by atoms with Crippen LogP contribution in [0.2, 0.25) is 0 Å². The highest BCUT2D eigenvalue weighted by Crippen LogP contribution is 2.16. The van der Waals surface area contributed by atoms with Gasteiger partial charge in [-0.2, -0.15) is 0 Å². The Balaban J connectivity index is 1.98. The summed E-state index contributed by atoms with van der Waals surface area (Å²) in [5, 5.41) is 0. The van der Waals surface area contributed by atoms with Crippen LogP contribution in [0.1, 0.15) is 23.6 Å². The monoisotopic (exact) mass is 297 g/mol. The topological polar surface area (TPSA) is 48.4 Å². The largest absolute Gasteiger partial charge is 0.473 e. The molecule has 0 fully saturated rings. The van der Waals surface area contributed by atoms with E-state index in [9.17, 15) is 4.79 Å². The van der Waals surface area contributed by atoms with Crippen LogP contribution in [-0.2, 0) is 16.1 Å². The van der Waals surface area contributed by atoms with Crippen molar-refractivity contribution in [2.24, 2.45) is 0 Å². The number of aromatic nitrogens is 1. The summed E-state index contributed by atoms with van der Waals surface area (Å²) < 4.78 is 10.5. The molecule has 0 aliphatic carbocycles. The predicted octanol–water partition coefficient (Wildman–Crippen LogP) is 3.55. The molecule has 4 nitrogen and oxygen atoms in total. The number of nitrogens with zero attached hydrogens (tertiary/aromatic N) is 1. The van der Waals surface area contributed by atoms with Crippen LogP contribution in [0.15, 0.2) is 48.7 Å². The van der Waals surface area contributed by atoms with Gasteiger partial charge >= 0.3 is 5.97 Å². The Labute approximate surface area is 130 Å². The van der Waals surface area contributed by atoms with Gasteiger partial charge < -0.3 is 9.47 Å². The first-order valence-corrected chi connectivity index (χ1v) is 7.17. The summed E-state index contributed by atoms with van der Waals surface area (Å²) in [6.07, 6.45) is 4.78. The molecule has 0 atom stereocenters. The van der Waals surface area contributed by atoms with Gasteiger partial charge in [0.15, 0.2) is 0 Å². The molecule has 114 valence electrons. The van der Waals surface area contributed by atoms with Crippen molar-refractivity contribution >= 4 is 12.0 Å². The van der Waals surface area contributed by atoms with E-state index < -0.39 is 0 Å². The molecular weight excluding hydrogens is 278 g/mol. The van der Waals surface area contributed by atoms with Crippen molar-refractivity contribution in [2.45, 2.75) is 20.5 Å². The lowest BCUT2D eigenvalue weighted by molar-refractivity contribution is -0.137. The number of hydrogen-bond acceptors (Lipinski definition) is 4. The van der Waals surface area contributed by atoms with E-state index in [1.165, 1.54) is 6.08 Å². The van der Waals surface area contributed by atoms with Crippen molar-refractivity contribution in [1.29, 1.82) is 0 Å². The standard InChI is InChI=1S/C18H19NO3/c1-3-21-18(20)10-9-16-12-19-17(11-14(16)2)22-13-15-7-5-4-6-8-15/h4-12H,3,13H2,1-2H3. The molecule has 1 aromatic carbocycles. The highest BCUT2D eigenvalue weighted by atomic mass is 16.5. The number of hydrogen-bond donors (Lipinski definition) is 0. The quantitative estimate of drug-likeness (QED) is 0.604. The van der Waals surface area contributed by atoms with Crippen molar-refractivity contribution in [3.05, 3.63) is 65.4 Å². The van der Waals surface area contributed by atoms with Gasteiger partial charge in [0.05, 0.1) is 6.61 Å². The minimum atomic E-state index is -0.355. The molecule has 0 radical (unpaired) electrons. The van der Waals surface area contributed by atoms with Gasteiger partial charge in [0.25, 0.3) is 0 Å². The van der Waals surface area contributed by atoms with Gasteiger partial charge in [-0.05, 0) is 36.6 Å². The van der Waals surface area contributed by atoms with Crippen LogP contribution >= 0.6 is 0 Å². The number of pyridine rings is 1. The Morgan fingerprint density at radius 2 is 2.05 bits per heavy atom. The first kappa shape index (κ1) is 15.8. The lowest BCUT2D eigenvalue weighted by Gasteiger charge is -2.07. The Kier molecular flexibility index (Phi) is 5.72. The SMILES string of the molecule is CCOC(=O)C=Cc1cnc(OCc2ccccc2)cc1C. The van der Waals surface area contributed by atoms with E-state index in [2.05, 4.69) is 4.98 Å². The van der Waals surface area contributed by atoms with Gasteiger partial charge in [-0.1, -0.05) is 30.3 Å². The van der Waals surface area contributed by atoms with Gasteiger partial charge in [0, 0.05) is 18.3 Å². The molecule has 0 aliphatic heterocycles. The lowest BCUT2D eigenvalue weighted by atomic mass is 10.1. The second kappa shape index (κ2) is 7.98. The Morgan fingerprint density at radius 1 is 1.27 bits per heavy atom. The Hall–Kier alpha value is -2.62. The third kappa shape index (κ3) is 4.74. The summed E-state index contributed by atoms with van der Waals surface area (Å²) in [6, 6.07) is 11.8. The third-order valence-corrected chi connectivity index (χ3v) is 3.04. The van der Waals surface area contributed by atoms with Gasteiger partial charge in [-0.15, -0.1) is 0 Å². The number of benzene rings is 1. The average Bonchev–Trinajstić information content (AvgIpc) is 2.53. The average molecular weight is 297 g/mol. The van der Waals surface area contributed by atoms with Crippen LogP contribution in [0, 0.1) is 6.92 Å². The van der Waals surface area contributed by atoms with Crippen molar-refractivity contribution in [3.8, 4) is 5.88 Å². The highest BCUT2D eigenvalue weighted by molar-refractivity contribution is 5.87. The maximum atomic E-state index is 11.3. The molecule has 0 amide bonds. The molecule has 22 heavy (non-hydrogen) atoms. The molecule has 0 aliphatic rings. The van der Waals surface area contributed by atoms with Crippen LogP contribution in [-0.4, -0.2) is 17.6 Å². The zero-order chi connectivity index (χ0) is 15.8. The Bertz CT molecular complexity index is 651. The van der Waals surface area contributed by atoms with E-state index in [4.69, 9.17) is 9.47 Å². The van der Waals surface area contributed by atoms with Crippen LogP contribution in [0.25, 0.3) is 6.08 Å². The number of esters is 1. The van der Waals surface area contributed by atoms with Crippen LogP contribution in [0.3, 0.4) is 0 Å². The molecule has 0 N–H and O–H groups in total. The summed E-state index contributed by atoms with van der Waals surface area (Å²) in [6.45, 7) is 4.57. The highest BCUT2D eigenvalue weighted by Gasteiger charge is 2.02. The molecule has 0 unspecified atom stereocenters. The van der Waals surface area contributed by atoms with E-state index >= 15 is 0 Å². The molecule has 0 spiro atoms. The van der Waals surface area contributed by atoms with E-state index in [0.29, 0.717) is 19.1 Å². The summed E-state index contributed by atoms with van der Waals surface area (Å²) >= 11 is 0. The van der Waals surface area contributed by atoms with E-state index in [1.807, 2.05) is 43.3 Å². The van der Waals surface area contributed by atoms with Crippen molar-refractivity contribution in [3.63, 3.8) is 0 Å². The van der Waals surface area contributed by atoms with E-state index in [1.54, 1.807) is 19.2 Å². The number of rotatable bonds is 6. The van der Waals surface area contributed by atoms with E-state index in [0.717, 1.165) is 16.7 Å². The van der Waals surface area contributed by atoms with Crippen LogP contribution < -0.4 is 4.74 Å². The number of aryl methyl sites for hydroxylation is 1. The van der Waals surface area contributed by atoms with Gasteiger partial charge in [0.2, 0.25) is 5.88 Å². The van der Waals surface area contributed by atoms with Gasteiger partial charge in [-0.3, -0.25) is 0 Å². The fourth-order valence-corrected chi connectivity index (χ4v) is 1.87. The molecule has 0 saturated carbocycles. The smallest absolute Gasteiger partial charge is 0.330 e. The first-order valence-electron chi connectivity index (χ1n) is 7.17. The van der Waals surface area contributed by atoms with Gasteiger partial charge in [-0.25, -0.2) is 9.78 Å². The van der Waals surface area contributed by atoms with E-state index in [-0.39, 0.29) is 5.97 Å². The predicted molar refractivity (Wildman–Crippen MR) is 85.4 cm³/mol. The number of ether oxygens (including phenoxy) is 2. The lowest BCUT2D eigenvalue weighted by Crippen LogP contribution is -2.00. The molecule has 4 heteroatoms. The molecule has 0 saturated heterocycles. The first-order chi connectivity index (χ1) is 10.7. The molecular formula is C18H19NO3. The number of carbonyl (C=O) groups is 1. The summed E-state index contributed by atoms with van der Waals surface area (Å²) in [5.74, 6) is 0.209. The van der Waals surface area contributed by atoms with Crippen molar-refractivity contribution in [2.75, 3.05) is 6.61 Å². The number of carbonyl (C=O) groups excluding carboxylic acids is 1. The third-order valence-electron chi connectivity index (χ3n) is 3.04. The molecule has 1 heterocycles. The molecule has 1 aromatic heterocycles. The normalized spacial score (nSPS) is 10.6. The summed E-state index contributed by atoms with van der Waals surface area (Å²) in [5.41, 5.74) is 2.94. The van der Waals surface area contributed by atoms with Crippen molar-refractivity contribution in [1.82, 2.24) is 4.98 Å². The van der Waals surface area contributed by atoms with Crippen LogP contribution in [0.4, 0.5) is 0 Å². The maximum Gasteiger partial charge on any atom is 0.330 e. The zero-order valence-electron chi connectivity index (χ0n) is 12.8. The molecule has 0 bridgehead atoms. The minimum absolute atomic E-state index is 0.355. The summed E-state index contributed by atoms with van der Waals surface area (Å²) in [7, 11) is 0. The maximum absolute atomic E-state index is 11.3. The molecule has 2 rings (SSSR count). The molecule has 2 aromatic rings. The van der Waals surface area contributed by atoms with Gasteiger partial charge in [0.1, 0.15) is 6.61 Å². The van der Waals surface area contributed by atoms with Crippen molar-refractivity contribution < 1.29 is 14.3 Å². The second-order valence-corrected chi connectivity index (χ2v) is 4.74. The Morgan fingerprint density at radius 3 is 2.73 bits per heavy atom. The second-order valence-electron chi connectivity index (χ2n) is 4.74. The fraction of sp³-hybridized carbons (Fsp3) is 0.222. The van der Waals surface area contributed by atoms with Crippen LogP contribution in [0.5, 0.6) is 5.88 Å². The minimum Gasteiger partial charge on any atom is -0.473 e. The fourth-order valence-electron chi connectivity index (χ4n) is 1.87. The zero-order valence-corrected chi connectivity index (χ0v) is 12.8.